The molecule has 0 aliphatic heterocycles. The van der Waals surface area contributed by atoms with Crippen LogP contribution >= 0.6 is 11.6 Å². The second kappa shape index (κ2) is 9.13. The van der Waals surface area contributed by atoms with Gasteiger partial charge in [-0.2, -0.15) is 0 Å². The van der Waals surface area contributed by atoms with Crippen LogP contribution in [0, 0.1) is 19.7 Å². The minimum absolute atomic E-state index is 0.170. The van der Waals surface area contributed by atoms with Gasteiger partial charge in [0, 0.05) is 11.4 Å². The predicted molar refractivity (Wildman–Crippen MR) is 115 cm³/mol. The molecule has 0 aliphatic rings. The van der Waals surface area contributed by atoms with Gasteiger partial charge in [-0.25, -0.2) is 9.18 Å². The molecule has 0 saturated carbocycles. The van der Waals surface area contributed by atoms with Gasteiger partial charge >= 0.3 is 5.97 Å². The first kappa shape index (κ1) is 21.6. The van der Waals surface area contributed by atoms with Gasteiger partial charge in [-0.3, -0.25) is 4.79 Å². The minimum atomic E-state index is -0.449. The molecule has 1 N–H and O–H groups in total. The number of hydrogen-bond donors (Lipinski definition) is 1. The highest BCUT2D eigenvalue weighted by atomic mass is 35.5. The Hall–Kier alpha value is -3.12. The highest BCUT2D eigenvalue weighted by molar-refractivity contribution is 6.34. The van der Waals surface area contributed by atoms with E-state index in [0.29, 0.717) is 27.5 Å². The zero-order valence-corrected chi connectivity index (χ0v) is 17.7. The topological polar surface area (TPSA) is 62.4 Å². The van der Waals surface area contributed by atoms with E-state index < -0.39 is 11.8 Å². The Balaban J connectivity index is 2.04. The molecule has 0 spiro atoms. The van der Waals surface area contributed by atoms with Gasteiger partial charge in [0.1, 0.15) is 11.5 Å². The lowest BCUT2D eigenvalue weighted by atomic mass is 10.1. The van der Waals surface area contributed by atoms with Crippen molar-refractivity contribution >= 4 is 29.2 Å². The number of nitrogens with zero attached hydrogens (tertiary/aromatic N) is 1. The summed E-state index contributed by atoms with van der Waals surface area (Å²) >= 11 is 6.25. The van der Waals surface area contributed by atoms with Gasteiger partial charge in [0.25, 0.3) is 5.91 Å². The highest BCUT2D eigenvalue weighted by Crippen LogP contribution is 2.27. The molecule has 0 radical (unpaired) electrons. The first-order valence-electron chi connectivity index (χ1n) is 9.50. The van der Waals surface area contributed by atoms with Crippen LogP contribution in [0.2, 0.25) is 5.02 Å². The number of aromatic nitrogens is 1. The molecule has 0 aliphatic carbocycles. The second-order valence-electron chi connectivity index (χ2n) is 6.80. The number of carbonyl (C=O) groups excluding carboxylic acids is 2. The van der Waals surface area contributed by atoms with Crippen LogP contribution in [0.25, 0.3) is 0 Å². The normalized spacial score (nSPS) is 10.7. The van der Waals surface area contributed by atoms with Gasteiger partial charge < -0.3 is 14.6 Å². The van der Waals surface area contributed by atoms with Crippen molar-refractivity contribution in [1.82, 2.24) is 4.98 Å². The lowest BCUT2D eigenvalue weighted by molar-refractivity contribution is 0.0519. The molecule has 0 fully saturated rings. The summed E-state index contributed by atoms with van der Waals surface area (Å²) in [6.45, 7) is 5.80. The number of aryl methyl sites for hydroxylation is 1. The lowest BCUT2D eigenvalue weighted by Crippen LogP contribution is -2.31. The molecule has 7 heteroatoms. The molecule has 0 unspecified atom stereocenters. The molecule has 1 heterocycles. The van der Waals surface area contributed by atoms with Crippen molar-refractivity contribution in [2.75, 3.05) is 11.5 Å². The molecular weight excluding hydrogens is 407 g/mol. The van der Waals surface area contributed by atoms with Crippen LogP contribution in [0.1, 0.15) is 44.6 Å². The molecule has 1 aromatic heterocycles. The third kappa shape index (κ3) is 4.39. The summed E-state index contributed by atoms with van der Waals surface area (Å²) in [5.41, 5.74) is 3.43. The molecule has 2 aromatic carbocycles. The molecule has 0 atom stereocenters. The van der Waals surface area contributed by atoms with Crippen molar-refractivity contribution in [2.24, 2.45) is 0 Å². The monoisotopic (exact) mass is 428 g/mol. The van der Waals surface area contributed by atoms with Gasteiger partial charge in [0.05, 0.1) is 23.7 Å². The highest BCUT2D eigenvalue weighted by Gasteiger charge is 2.25. The minimum Gasteiger partial charge on any atom is -0.461 e. The maximum Gasteiger partial charge on any atom is 0.355 e. The zero-order chi connectivity index (χ0) is 21.8. The van der Waals surface area contributed by atoms with Crippen LogP contribution in [0.5, 0.6) is 0 Å². The molecule has 1 amide bonds. The van der Waals surface area contributed by atoms with Crippen molar-refractivity contribution < 1.29 is 18.7 Å². The van der Waals surface area contributed by atoms with Crippen molar-refractivity contribution in [2.45, 2.75) is 27.3 Å². The van der Waals surface area contributed by atoms with Gasteiger partial charge in [0.2, 0.25) is 0 Å². The maximum absolute atomic E-state index is 13.5. The van der Waals surface area contributed by atoms with Gasteiger partial charge in [-0.15, -0.1) is 0 Å². The summed E-state index contributed by atoms with van der Waals surface area (Å²) < 4.78 is 18.6. The summed E-state index contributed by atoms with van der Waals surface area (Å²) in [5, 5.41) is 0.323. The van der Waals surface area contributed by atoms with E-state index in [0.717, 1.165) is 11.3 Å². The first-order chi connectivity index (χ1) is 14.3. The number of esters is 1. The maximum atomic E-state index is 13.5. The molecule has 0 bridgehead atoms. The first-order valence-corrected chi connectivity index (χ1v) is 9.88. The number of ether oxygens (including phenoxy) is 1. The molecular formula is C23H22ClFN2O3. The molecule has 30 heavy (non-hydrogen) atoms. The van der Waals surface area contributed by atoms with E-state index in [1.807, 2.05) is 6.92 Å². The van der Waals surface area contributed by atoms with Crippen LogP contribution < -0.4 is 4.90 Å². The van der Waals surface area contributed by atoms with E-state index in [-0.39, 0.29) is 19.1 Å². The van der Waals surface area contributed by atoms with Crippen LogP contribution in [-0.2, 0) is 11.3 Å². The molecule has 3 rings (SSSR count). The number of rotatable bonds is 6. The number of amides is 1. The van der Waals surface area contributed by atoms with E-state index in [2.05, 4.69) is 4.98 Å². The average molecular weight is 429 g/mol. The number of anilines is 1. The summed E-state index contributed by atoms with van der Waals surface area (Å²) in [7, 11) is 0. The predicted octanol–water partition coefficient (Wildman–Crippen LogP) is 5.45. The number of H-pyrrole nitrogens is 1. The van der Waals surface area contributed by atoms with E-state index in [1.54, 1.807) is 38.1 Å². The van der Waals surface area contributed by atoms with E-state index in [4.69, 9.17) is 16.3 Å². The average Bonchev–Trinajstić information content (AvgIpc) is 3.01. The molecule has 3 aromatic rings. The number of benzene rings is 2. The second-order valence-corrected chi connectivity index (χ2v) is 7.20. The van der Waals surface area contributed by atoms with Crippen LogP contribution in [0.3, 0.4) is 0 Å². The number of hydrogen-bond acceptors (Lipinski definition) is 3. The van der Waals surface area contributed by atoms with Crippen molar-refractivity contribution in [3.63, 3.8) is 0 Å². The number of halogens is 2. The Bertz CT molecular complexity index is 1080. The summed E-state index contributed by atoms with van der Waals surface area (Å²) in [5.74, 6) is -1.18. The summed E-state index contributed by atoms with van der Waals surface area (Å²) in [6.07, 6.45) is 0. The number of aromatic amines is 1. The summed E-state index contributed by atoms with van der Waals surface area (Å²) in [4.78, 5) is 30.2. The zero-order valence-electron chi connectivity index (χ0n) is 17.0. The van der Waals surface area contributed by atoms with Crippen LogP contribution in [0.4, 0.5) is 10.1 Å². The fraction of sp³-hybridized carbons (Fsp3) is 0.217. The molecule has 0 saturated heterocycles. The number of carbonyl (C=O) groups is 2. The lowest BCUT2D eigenvalue weighted by Gasteiger charge is -2.24. The van der Waals surface area contributed by atoms with Crippen molar-refractivity contribution in [1.29, 1.82) is 0 Å². The van der Waals surface area contributed by atoms with E-state index in [9.17, 15) is 14.0 Å². The fourth-order valence-electron chi connectivity index (χ4n) is 3.27. The Morgan fingerprint density at radius 1 is 1.10 bits per heavy atom. The van der Waals surface area contributed by atoms with Crippen LogP contribution in [0.15, 0.2) is 48.5 Å². The van der Waals surface area contributed by atoms with Gasteiger partial charge in [-0.05, 0) is 68.3 Å². The quantitative estimate of drug-likeness (QED) is 0.531. The Kier molecular flexibility index (Phi) is 6.57. The molecule has 156 valence electrons. The Morgan fingerprint density at radius 2 is 1.77 bits per heavy atom. The third-order valence-corrected chi connectivity index (χ3v) is 5.21. The fourth-order valence-corrected chi connectivity index (χ4v) is 3.49. The molecule has 5 nitrogen and oxygen atoms in total. The van der Waals surface area contributed by atoms with E-state index in [1.165, 1.54) is 29.2 Å². The Labute approximate surface area is 179 Å². The summed E-state index contributed by atoms with van der Waals surface area (Å²) in [6, 6.07) is 12.4. The van der Waals surface area contributed by atoms with Gasteiger partial charge in [0.15, 0.2) is 0 Å². The van der Waals surface area contributed by atoms with E-state index >= 15 is 0 Å². The van der Waals surface area contributed by atoms with Crippen molar-refractivity contribution in [3.8, 4) is 0 Å². The smallest absolute Gasteiger partial charge is 0.355 e. The third-order valence-electron chi connectivity index (χ3n) is 4.88. The van der Waals surface area contributed by atoms with Gasteiger partial charge in [-0.1, -0.05) is 23.7 Å². The van der Waals surface area contributed by atoms with Crippen LogP contribution in [-0.4, -0.2) is 23.5 Å². The van der Waals surface area contributed by atoms with Crippen molar-refractivity contribution in [3.05, 3.63) is 87.4 Å². The number of nitrogens with one attached hydrogen (secondary N) is 1. The Morgan fingerprint density at radius 3 is 2.40 bits per heavy atom. The standard InChI is InChI=1S/C23H22ClFN2O3/c1-4-30-23(29)21-14(2)19(15(3)26-21)13-27(17-11-9-16(25)10-12-17)22(28)18-7-5-6-8-20(18)24/h5-12,26H,4,13H2,1-3H3. The SMILES string of the molecule is CCOC(=O)c1[nH]c(C)c(CN(C(=O)c2ccccc2Cl)c2ccc(F)cc2)c1C. The largest absolute Gasteiger partial charge is 0.461 e.